The first-order valence-corrected chi connectivity index (χ1v) is 10.9. The second kappa shape index (κ2) is 8.16. The molecule has 1 atom stereocenters. The van der Waals surface area contributed by atoms with Crippen molar-refractivity contribution in [3.63, 3.8) is 0 Å². The molecule has 0 radical (unpaired) electrons. The van der Waals surface area contributed by atoms with Crippen molar-refractivity contribution in [3.8, 4) is 0 Å². The van der Waals surface area contributed by atoms with Crippen LogP contribution in [0.3, 0.4) is 0 Å². The highest BCUT2D eigenvalue weighted by molar-refractivity contribution is 7.91. The predicted molar refractivity (Wildman–Crippen MR) is 95.3 cm³/mol. The number of sulfone groups is 1. The van der Waals surface area contributed by atoms with Crippen LogP contribution in [0.2, 0.25) is 0 Å². The summed E-state index contributed by atoms with van der Waals surface area (Å²) < 4.78 is 28.9. The largest absolute Gasteiger partial charge is 0.451 e. The molecule has 1 aliphatic heterocycles. The van der Waals surface area contributed by atoms with Crippen molar-refractivity contribution < 1.29 is 22.7 Å². The zero-order valence-corrected chi connectivity index (χ0v) is 15.5. The normalized spacial score (nSPS) is 22.7. The molecule has 7 nitrogen and oxygen atoms in total. The molecule has 0 unspecified atom stereocenters. The lowest BCUT2D eigenvalue weighted by Crippen LogP contribution is -2.50. The van der Waals surface area contributed by atoms with E-state index in [-0.39, 0.29) is 41.8 Å². The Morgan fingerprint density at radius 3 is 2.50 bits per heavy atom. The van der Waals surface area contributed by atoms with E-state index in [1.165, 1.54) is 12.3 Å². The van der Waals surface area contributed by atoms with Gasteiger partial charge in [-0.2, -0.15) is 0 Å². The lowest BCUT2D eigenvalue weighted by molar-refractivity contribution is -0.140. The van der Waals surface area contributed by atoms with Crippen LogP contribution in [0.15, 0.2) is 24.4 Å². The molecule has 2 aliphatic rings. The van der Waals surface area contributed by atoms with Crippen molar-refractivity contribution in [2.75, 3.05) is 18.1 Å². The first-order valence-electron chi connectivity index (χ1n) is 9.06. The van der Waals surface area contributed by atoms with Gasteiger partial charge in [-0.25, -0.2) is 18.2 Å². The quantitative estimate of drug-likeness (QED) is 0.720. The van der Waals surface area contributed by atoms with Gasteiger partial charge in [0.05, 0.1) is 11.5 Å². The van der Waals surface area contributed by atoms with E-state index >= 15 is 0 Å². The number of aromatic nitrogens is 1. The van der Waals surface area contributed by atoms with Crippen LogP contribution in [0.4, 0.5) is 0 Å². The van der Waals surface area contributed by atoms with Gasteiger partial charge in [0, 0.05) is 18.3 Å². The third-order valence-corrected chi connectivity index (χ3v) is 6.81. The highest BCUT2D eigenvalue weighted by Gasteiger charge is 2.38. The van der Waals surface area contributed by atoms with Crippen LogP contribution in [0.5, 0.6) is 0 Å². The highest BCUT2D eigenvalue weighted by Crippen LogP contribution is 2.28. The Morgan fingerprint density at radius 1 is 1.12 bits per heavy atom. The topological polar surface area (TPSA) is 93.6 Å². The first kappa shape index (κ1) is 18.8. The van der Waals surface area contributed by atoms with E-state index in [9.17, 15) is 18.0 Å². The molecule has 0 N–H and O–H groups in total. The molecule has 1 aromatic rings. The van der Waals surface area contributed by atoms with Crippen molar-refractivity contribution >= 4 is 21.7 Å². The van der Waals surface area contributed by atoms with E-state index in [2.05, 4.69) is 4.98 Å². The lowest BCUT2D eigenvalue weighted by Gasteiger charge is -2.38. The van der Waals surface area contributed by atoms with Crippen LogP contribution < -0.4 is 0 Å². The highest BCUT2D eigenvalue weighted by atomic mass is 32.2. The number of carbonyl (C=O) groups is 2. The number of nitrogens with zero attached hydrogens (tertiary/aromatic N) is 2. The molecule has 0 bridgehead atoms. The van der Waals surface area contributed by atoms with Crippen LogP contribution in [0, 0.1) is 0 Å². The standard InChI is InChI=1S/C18H24N2O5S/c21-17(12-25-18(22)16-8-4-5-10-19-16)20(14-6-2-1-3-7-14)15-9-11-26(23,24)13-15/h4-5,8,10,14-15H,1-3,6-7,9,11-13H2/t15-/m0/s1. The van der Waals surface area contributed by atoms with Crippen molar-refractivity contribution in [1.82, 2.24) is 9.88 Å². The summed E-state index contributed by atoms with van der Waals surface area (Å²) in [6.07, 6.45) is 6.88. The molecular weight excluding hydrogens is 356 g/mol. The zero-order valence-electron chi connectivity index (χ0n) is 14.7. The van der Waals surface area contributed by atoms with Gasteiger partial charge < -0.3 is 9.64 Å². The second-order valence-corrected chi connectivity index (χ2v) is 9.17. The second-order valence-electron chi connectivity index (χ2n) is 6.94. The average molecular weight is 380 g/mol. The molecule has 142 valence electrons. The Balaban J connectivity index is 1.67. The van der Waals surface area contributed by atoms with Crippen LogP contribution >= 0.6 is 0 Å². The molecule has 2 heterocycles. The zero-order chi connectivity index (χ0) is 18.6. The summed E-state index contributed by atoms with van der Waals surface area (Å²) in [4.78, 5) is 30.4. The number of carbonyl (C=O) groups excluding carboxylic acids is 2. The van der Waals surface area contributed by atoms with Gasteiger partial charge in [0.2, 0.25) is 0 Å². The number of esters is 1. The fourth-order valence-corrected chi connectivity index (χ4v) is 5.53. The van der Waals surface area contributed by atoms with E-state index in [0.29, 0.717) is 6.42 Å². The van der Waals surface area contributed by atoms with E-state index in [0.717, 1.165) is 32.1 Å². The van der Waals surface area contributed by atoms with Gasteiger partial charge in [-0.05, 0) is 31.4 Å². The number of rotatable bonds is 5. The molecule has 2 fully saturated rings. The van der Waals surface area contributed by atoms with Crippen LogP contribution in [0.25, 0.3) is 0 Å². The summed E-state index contributed by atoms with van der Waals surface area (Å²) >= 11 is 0. The van der Waals surface area contributed by atoms with Gasteiger partial charge in [-0.3, -0.25) is 4.79 Å². The number of pyridine rings is 1. The monoisotopic (exact) mass is 380 g/mol. The molecule has 1 aliphatic carbocycles. The summed E-state index contributed by atoms with van der Waals surface area (Å²) in [7, 11) is -3.10. The van der Waals surface area contributed by atoms with Crippen molar-refractivity contribution in [1.29, 1.82) is 0 Å². The predicted octanol–water partition coefficient (Wildman–Crippen LogP) is 1.59. The molecule has 1 aromatic heterocycles. The molecule has 1 amide bonds. The van der Waals surface area contributed by atoms with Gasteiger partial charge >= 0.3 is 5.97 Å². The van der Waals surface area contributed by atoms with E-state index in [1.54, 1.807) is 17.0 Å². The Hall–Kier alpha value is -1.96. The molecule has 3 rings (SSSR count). The Bertz CT molecular complexity index is 744. The van der Waals surface area contributed by atoms with E-state index in [1.807, 2.05) is 0 Å². The molecule has 1 saturated heterocycles. The van der Waals surface area contributed by atoms with Gasteiger partial charge in [-0.15, -0.1) is 0 Å². The maximum absolute atomic E-state index is 12.8. The smallest absolute Gasteiger partial charge is 0.357 e. The molecule has 0 spiro atoms. The van der Waals surface area contributed by atoms with Crippen molar-refractivity contribution in [2.24, 2.45) is 0 Å². The van der Waals surface area contributed by atoms with Gasteiger partial charge in [-0.1, -0.05) is 25.3 Å². The minimum absolute atomic E-state index is 0.00340. The van der Waals surface area contributed by atoms with Crippen LogP contribution in [-0.4, -0.2) is 60.4 Å². The van der Waals surface area contributed by atoms with Crippen molar-refractivity contribution in [3.05, 3.63) is 30.1 Å². The third kappa shape index (κ3) is 4.60. The number of hydrogen-bond donors (Lipinski definition) is 0. The van der Waals surface area contributed by atoms with Gasteiger partial charge in [0.15, 0.2) is 16.4 Å². The third-order valence-electron chi connectivity index (χ3n) is 5.06. The number of amides is 1. The summed E-state index contributed by atoms with van der Waals surface area (Å²) in [5.41, 5.74) is 0.146. The number of ether oxygens (including phenoxy) is 1. The number of hydrogen-bond acceptors (Lipinski definition) is 6. The molecule has 26 heavy (non-hydrogen) atoms. The molecule has 1 saturated carbocycles. The fourth-order valence-electron chi connectivity index (χ4n) is 3.82. The van der Waals surface area contributed by atoms with Gasteiger partial charge in [0.25, 0.3) is 5.91 Å². The minimum Gasteiger partial charge on any atom is -0.451 e. The van der Waals surface area contributed by atoms with E-state index in [4.69, 9.17) is 4.74 Å². The summed E-state index contributed by atoms with van der Waals surface area (Å²) in [6, 6.07) is 4.60. The lowest BCUT2D eigenvalue weighted by atomic mass is 9.93. The summed E-state index contributed by atoms with van der Waals surface area (Å²) in [5, 5.41) is 0. The molecular formula is C18H24N2O5S. The molecule has 0 aromatic carbocycles. The van der Waals surface area contributed by atoms with Crippen LogP contribution in [-0.2, 0) is 19.4 Å². The van der Waals surface area contributed by atoms with Crippen molar-refractivity contribution in [2.45, 2.75) is 50.6 Å². The first-order chi connectivity index (χ1) is 12.5. The SMILES string of the molecule is O=C(OCC(=O)N(C1CCCCC1)[C@H]1CCS(=O)(=O)C1)c1ccccn1. The van der Waals surface area contributed by atoms with Crippen LogP contribution in [0.1, 0.15) is 49.0 Å². The average Bonchev–Trinajstić information content (AvgIpc) is 3.01. The fraction of sp³-hybridized carbons (Fsp3) is 0.611. The molecule has 8 heteroatoms. The Labute approximate surface area is 153 Å². The summed E-state index contributed by atoms with van der Waals surface area (Å²) in [5.74, 6) is -0.851. The maximum Gasteiger partial charge on any atom is 0.357 e. The van der Waals surface area contributed by atoms with E-state index < -0.39 is 15.8 Å². The maximum atomic E-state index is 12.8. The summed E-state index contributed by atoms with van der Waals surface area (Å²) in [6.45, 7) is -0.386. The Morgan fingerprint density at radius 2 is 1.88 bits per heavy atom. The Kier molecular flexibility index (Phi) is 5.90. The minimum atomic E-state index is -3.10. The van der Waals surface area contributed by atoms with Gasteiger partial charge in [0.1, 0.15) is 5.69 Å².